The third-order valence-electron chi connectivity index (χ3n) is 3.40. The average molecular weight is 461 g/mol. The fourth-order valence-electron chi connectivity index (χ4n) is 2.16. The van der Waals surface area contributed by atoms with Gasteiger partial charge in [0.25, 0.3) is 11.8 Å². The maximum absolute atomic E-state index is 12.3. The van der Waals surface area contributed by atoms with Gasteiger partial charge >= 0.3 is 5.69 Å². The van der Waals surface area contributed by atoms with Gasteiger partial charge in [0.1, 0.15) is 5.57 Å². The quantitative estimate of drug-likeness (QED) is 0.170. The standard InChI is InChI=1S/C14H12IN3O5S/c1-16-12(19)8(13(20)17(2)14(16)24)4-7-5-9(15)11(23-3)10(6-7)18(21)22/h4-6H,1-3H3. The van der Waals surface area contributed by atoms with Gasteiger partial charge in [-0.1, -0.05) is 0 Å². The zero-order valence-electron chi connectivity index (χ0n) is 12.9. The Bertz CT molecular complexity index is 782. The van der Waals surface area contributed by atoms with Gasteiger partial charge in [-0.2, -0.15) is 0 Å². The molecule has 0 saturated carbocycles. The smallest absolute Gasteiger partial charge is 0.312 e. The lowest BCUT2D eigenvalue weighted by Gasteiger charge is -2.31. The second-order valence-electron chi connectivity index (χ2n) is 4.88. The minimum Gasteiger partial charge on any atom is -0.489 e. The molecule has 24 heavy (non-hydrogen) atoms. The van der Waals surface area contributed by atoms with E-state index in [-0.39, 0.29) is 22.1 Å². The third kappa shape index (κ3) is 3.11. The van der Waals surface area contributed by atoms with Crippen molar-refractivity contribution in [2.24, 2.45) is 0 Å². The lowest BCUT2D eigenvalue weighted by molar-refractivity contribution is -0.385. The van der Waals surface area contributed by atoms with E-state index in [2.05, 4.69) is 0 Å². The summed E-state index contributed by atoms with van der Waals surface area (Å²) in [6, 6.07) is 2.84. The van der Waals surface area contributed by atoms with E-state index in [1.54, 1.807) is 6.07 Å². The molecule has 10 heteroatoms. The third-order valence-corrected chi connectivity index (χ3v) is 4.75. The normalized spacial score (nSPS) is 15.0. The van der Waals surface area contributed by atoms with Crippen molar-refractivity contribution in [3.05, 3.63) is 37.0 Å². The maximum Gasteiger partial charge on any atom is 0.312 e. The molecule has 0 atom stereocenters. The SMILES string of the molecule is COc1c(I)cc(C=C2C(=O)N(C)C(=S)N(C)C2=O)cc1[N+](=O)[O-]. The van der Waals surface area contributed by atoms with Gasteiger partial charge in [-0.05, 0) is 52.5 Å². The molecule has 1 saturated heterocycles. The molecular weight excluding hydrogens is 449 g/mol. The Hall–Kier alpha value is -2.08. The summed E-state index contributed by atoms with van der Waals surface area (Å²) in [5, 5.41) is 11.3. The van der Waals surface area contributed by atoms with E-state index in [4.69, 9.17) is 17.0 Å². The van der Waals surface area contributed by atoms with Gasteiger partial charge in [0.15, 0.2) is 5.11 Å². The molecule has 0 radical (unpaired) electrons. The van der Waals surface area contributed by atoms with Crippen molar-refractivity contribution in [2.75, 3.05) is 21.2 Å². The van der Waals surface area contributed by atoms with Crippen LogP contribution in [0.3, 0.4) is 0 Å². The van der Waals surface area contributed by atoms with Crippen molar-refractivity contribution in [3.8, 4) is 5.75 Å². The summed E-state index contributed by atoms with van der Waals surface area (Å²) in [5.41, 5.74) is -0.0220. The Morgan fingerprint density at radius 3 is 2.25 bits per heavy atom. The van der Waals surface area contributed by atoms with E-state index in [1.165, 1.54) is 43.1 Å². The Morgan fingerprint density at radius 2 is 1.79 bits per heavy atom. The molecular formula is C14H12IN3O5S. The molecule has 1 heterocycles. The summed E-state index contributed by atoms with van der Waals surface area (Å²) in [7, 11) is 4.25. The molecule has 1 aromatic carbocycles. The van der Waals surface area contributed by atoms with Gasteiger partial charge in [0.2, 0.25) is 5.75 Å². The van der Waals surface area contributed by atoms with Crippen LogP contribution in [0.1, 0.15) is 5.56 Å². The highest BCUT2D eigenvalue weighted by molar-refractivity contribution is 14.1. The van der Waals surface area contributed by atoms with Gasteiger partial charge < -0.3 is 4.74 Å². The number of hydrogen-bond acceptors (Lipinski definition) is 6. The van der Waals surface area contributed by atoms with E-state index in [1.807, 2.05) is 22.6 Å². The van der Waals surface area contributed by atoms with Crippen LogP contribution < -0.4 is 4.74 Å². The van der Waals surface area contributed by atoms with Crippen molar-refractivity contribution >= 4 is 63.5 Å². The number of halogens is 1. The van der Waals surface area contributed by atoms with Crippen LogP contribution >= 0.6 is 34.8 Å². The monoisotopic (exact) mass is 461 g/mol. The summed E-state index contributed by atoms with van der Waals surface area (Å²) in [6.45, 7) is 0. The lowest BCUT2D eigenvalue weighted by Crippen LogP contribution is -2.52. The van der Waals surface area contributed by atoms with Crippen molar-refractivity contribution in [3.63, 3.8) is 0 Å². The molecule has 0 bridgehead atoms. The number of hydrogen-bond donors (Lipinski definition) is 0. The summed E-state index contributed by atoms with van der Waals surface area (Å²) in [6.07, 6.45) is 1.31. The zero-order valence-corrected chi connectivity index (χ0v) is 15.9. The second kappa shape index (κ2) is 6.81. The lowest BCUT2D eigenvalue weighted by atomic mass is 10.1. The van der Waals surface area contributed by atoms with E-state index in [9.17, 15) is 19.7 Å². The highest BCUT2D eigenvalue weighted by Crippen LogP contribution is 2.34. The van der Waals surface area contributed by atoms with Crippen molar-refractivity contribution < 1.29 is 19.2 Å². The first-order chi connectivity index (χ1) is 11.2. The Balaban J connectivity index is 2.58. The Kier molecular flexibility index (Phi) is 5.18. The van der Waals surface area contributed by atoms with Gasteiger partial charge in [-0.25, -0.2) is 0 Å². The molecule has 126 valence electrons. The number of thiocarbonyl (C=S) groups is 1. The molecule has 2 amide bonds. The highest BCUT2D eigenvalue weighted by Gasteiger charge is 2.35. The minimum atomic E-state index is -0.582. The number of ether oxygens (including phenoxy) is 1. The fourth-order valence-corrected chi connectivity index (χ4v) is 3.18. The van der Waals surface area contributed by atoms with Crippen LogP contribution in [0.5, 0.6) is 5.75 Å². The number of amides is 2. The molecule has 1 aliphatic rings. The number of nitro groups is 1. The number of benzene rings is 1. The zero-order chi connectivity index (χ0) is 18.2. The maximum atomic E-state index is 12.3. The van der Waals surface area contributed by atoms with Gasteiger partial charge in [0, 0.05) is 20.2 Å². The molecule has 0 unspecified atom stereocenters. The number of nitrogens with zero attached hydrogens (tertiary/aromatic N) is 3. The number of likely N-dealkylation sites (N-methyl/N-ethyl adjacent to an activating group) is 2. The van der Waals surface area contributed by atoms with Crippen LogP contribution in [-0.4, -0.2) is 52.9 Å². The largest absolute Gasteiger partial charge is 0.489 e. The molecule has 0 N–H and O–H groups in total. The molecule has 0 aliphatic carbocycles. The molecule has 1 fully saturated rings. The number of carbonyl (C=O) groups is 2. The van der Waals surface area contributed by atoms with Crippen molar-refractivity contribution in [2.45, 2.75) is 0 Å². The molecule has 2 rings (SSSR count). The van der Waals surface area contributed by atoms with Gasteiger partial charge in [-0.15, -0.1) is 0 Å². The predicted molar refractivity (Wildman–Crippen MR) is 98.5 cm³/mol. The van der Waals surface area contributed by atoms with Gasteiger partial charge in [-0.3, -0.25) is 29.5 Å². The summed E-state index contributed by atoms with van der Waals surface area (Å²) >= 11 is 6.90. The first-order valence-electron chi connectivity index (χ1n) is 6.52. The van der Waals surface area contributed by atoms with Crippen molar-refractivity contribution in [1.29, 1.82) is 0 Å². The summed E-state index contributed by atoms with van der Waals surface area (Å²) < 4.78 is 5.53. The minimum absolute atomic E-state index is 0.0949. The van der Waals surface area contributed by atoms with E-state index < -0.39 is 16.7 Å². The Labute approximate surface area is 156 Å². The molecule has 1 aliphatic heterocycles. The van der Waals surface area contributed by atoms with Crippen LogP contribution in [-0.2, 0) is 9.59 Å². The van der Waals surface area contributed by atoms with E-state index in [0.717, 1.165) is 0 Å². The predicted octanol–water partition coefficient (Wildman–Crippen LogP) is 1.81. The molecule has 0 spiro atoms. The average Bonchev–Trinajstić information content (AvgIpc) is 2.54. The fraction of sp³-hybridized carbons (Fsp3) is 0.214. The van der Waals surface area contributed by atoms with E-state index in [0.29, 0.717) is 9.13 Å². The van der Waals surface area contributed by atoms with Gasteiger partial charge in [0.05, 0.1) is 15.6 Å². The van der Waals surface area contributed by atoms with Crippen LogP contribution in [0, 0.1) is 13.7 Å². The first-order valence-corrected chi connectivity index (χ1v) is 8.01. The number of nitro benzene ring substituents is 1. The van der Waals surface area contributed by atoms with Crippen LogP contribution in [0.25, 0.3) is 6.08 Å². The van der Waals surface area contributed by atoms with Crippen molar-refractivity contribution in [1.82, 2.24) is 9.80 Å². The van der Waals surface area contributed by atoms with Crippen LogP contribution in [0.2, 0.25) is 0 Å². The number of methoxy groups -OCH3 is 1. The van der Waals surface area contributed by atoms with Crippen LogP contribution in [0.4, 0.5) is 5.69 Å². The highest BCUT2D eigenvalue weighted by atomic mass is 127. The first kappa shape index (κ1) is 18.3. The van der Waals surface area contributed by atoms with E-state index >= 15 is 0 Å². The summed E-state index contributed by atoms with van der Waals surface area (Å²) in [5.74, 6) is -0.993. The molecule has 8 nitrogen and oxygen atoms in total. The number of rotatable bonds is 3. The number of carbonyl (C=O) groups excluding carboxylic acids is 2. The Morgan fingerprint density at radius 1 is 1.25 bits per heavy atom. The molecule has 1 aromatic rings. The molecule has 0 aromatic heterocycles. The second-order valence-corrected chi connectivity index (χ2v) is 6.41. The topological polar surface area (TPSA) is 93.0 Å². The van der Waals surface area contributed by atoms with Crippen LogP contribution in [0.15, 0.2) is 17.7 Å². The summed E-state index contributed by atoms with van der Waals surface area (Å²) in [4.78, 5) is 37.5.